The highest BCUT2D eigenvalue weighted by atomic mass is 35.5. The van der Waals surface area contributed by atoms with E-state index >= 15 is 0 Å². The van der Waals surface area contributed by atoms with Gasteiger partial charge < -0.3 is 14.4 Å². The van der Waals surface area contributed by atoms with Crippen molar-refractivity contribution in [3.63, 3.8) is 0 Å². The molecular formula is C31H26ClN3O4S2. The molecule has 0 atom stereocenters. The predicted molar refractivity (Wildman–Crippen MR) is 165 cm³/mol. The zero-order valence-corrected chi connectivity index (χ0v) is 24.8. The Balaban J connectivity index is 1.31. The number of hydrogen-bond acceptors (Lipinski definition) is 7. The first kappa shape index (κ1) is 27.4. The van der Waals surface area contributed by atoms with Crippen molar-refractivity contribution in [2.45, 2.75) is 18.1 Å². The van der Waals surface area contributed by atoms with Crippen molar-refractivity contribution in [1.82, 2.24) is 14.5 Å². The molecule has 41 heavy (non-hydrogen) atoms. The number of methoxy groups -OCH3 is 2. The van der Waals surface area contributed by atoms with Crippen LogP contribution in [0.25, 0.3) is 27.0 Å². The number of hydrogen-bond donors (Lipinski definition) is 0. The lowest BCUT2D eigenvalue weighted by atomic mass is 9.99. The summed E-state index contributed by atoms with van der Waals surface area (Å²) in [5.74, 6) is 1.48. The monoisotopic (exact) mass is 603 g/mol. The molecule has 5 aromatic rings. The topological polar surface area (TPSA) is 73.7 Å². The molecule has 0 spiro atoms. The number of thiophene rings is 1. The van der Waals surface area contributed by atoms with E-state index in [0.717, 1.165) is 28.7 Å². The highest BCUT2D eigenvalue weighted by Crippen LogP contribution is 2.35. The van der Waals surface area contributed by atoms with Crippen LogP contribution in [0, 0.1) is 0 Å². The first-order valence-corrected chi connectivity index (χ1v) is 15.2. The molecule has 0 bridgehead atoms. The van der Waals surface area contributed by atoms with E-state index in [1.54, 1.807) is 18.8 Å². The van der Waals surface area contributed by atoms with Crippen molar-refractivity contribution in [2.24, 2.45) is 0 Å². The van der Waals surface area contributed by atoms with Crippen LogP contribution in [-0.2, 0) is 17.8 Å². The SMILES string of the molecule is COc1cc2c(cc1OC)CN(C(=O)CSc1nc3scc(-c4ccc(Cl)cc4)c3c(=O)n1-c1ccccc1)CC2. The van der Waals surface area contributed by atoms with Crippen LogP contribution >= 0.6 is 34.7 Å². The highest BCUT2D eigenvalue weighted by Gasteiger charge is 2.24. The molecule has 0 N–H and O–H groups in total. The molecule has 1 aliphatic heterocycles. The van der Waals surface area contributed by atoms with E-state index in [9.17, 15) is 9.59 Å². The maximum Gasteiger partial charge on any atom is 0.268 e. The van der Waals surface area contributed by atoms with Crippen LogP contribution in [0.3, 0.4) is 0 Å². The van der Waals surface area contributed by atoms with Crippen LogP contribution in [0.5, 0.6) is 11.5 Å². The van der Waals surface area contributed by atoms with Crippen LogP contribution < -0.4 is 15.0 Å². The molecule has 0 saturated carbocycles. The molecule has 0 fully saturated rings. The van der Waals surface area contributed by atoms with E-state index in [0.29, 0.717) is 50.7 Å². The Morgan fingerprint density at radius 3 is 2.44 bits per heavy atom. The quantitative estimate of drug-likeness (QED) is 0.157. The van der Waals surface area contributed by atoms with Gasteiger partial charge in [0.2, 0.25) is 5.91 Å². The lowest BCUT2D eigenvalue weighted by molar-refractivity contribution is -0.129. The first-order chi connectivity index (χ1) is 20.0. The molecule has 7 nitrogen and oxygen atoms in total. The Bertz CT molecular complexity index is 1800. The minimum absolute atomic E-state index is 0.0163. The minimum Gasteiger partial charge on any atom is -0.493 e. The van der Waals surface area contributed by atoms with E-state index in [4.69, 9.17) is 26.1 Å². The average Bonchev–Trinajstić information content (AvgIpc) is 3.44. The third-order valence-corrected chi connectivity index (χ3v) is 9.19. The molecule has 2 aromatic heterocycles. The smallest absolute Gasteiger partial charge is 0.268 e. The van der Waals surface area contributed by atoms with Gasteiger partial charge in [-0.15, -0.1) is 11.3 Å². The molecule has 1 aliphatic rings. The van der Waals surface area contributed by atoms with Gasteiger partial charge in [0.05, 0.1) is 31.0 Å². The summed E-state index contributed by atoms with van der Waals surface area (Å²) in [5, 5.41) is 3.61. The second-order valence-corrected chi connectivity index (χ2v) is 11.8. The molecule has 1 amide bonds. The summed E-state index contributed by atoms with van der Waals surface area (Å²) >= 11 is 8.79. The number of para-hydroxylation sites is 1. The standard InChI is InChI=1S/C31H26ClN3O4S2/c1-38-25-14-20-12-13-34(16-21(20)15-26(25)39-2)27(36)18-41-31-33-29-28(30(37)35(31)23-6-4-3-5-7-23)24(17-40-29)19-8-10-22(32)11-9-19/h3-11,14-15,17H,12-13,16,18H2,1-2H3. The van der Waals surface area contributed by atoms with E-state index in [2.05, 4.69) is 0 Å². The molecule has 208 valence electrons. The number of halogens is 1. The van der Waals surface area contributed by atoms with Crippen molar-refractivity contribution in [1.29, 1.82) is 0 Å². The number of benzene rings is 3. The molecule has 0 unspecified atom stereocenters. The van der Waals surface area contributed by atoms with Gasteiger partial charge in [0.25, 0.3) is 5.56 Å². The summed E-state index contributed by atoms with van der Waals surface area (Å²) in [6.07, 6.45) is 0.730. The molecule has 3 heterocycles. The molecular weight excluding hydrogens is 578 g/mol. The van der Waals surface area contributed by atoms with Gasteiger partial charge in [0.1, 0.15) is 4.83 Å². The lowest BCUT2D eigenvalue weighted by Crippen LogP contribution is -2.37. The molecule has 6 rings (SSSR count). The van der Waals surface area contributed by atoms with Gasteiger partial charge in [0.15, 0.2) is 16.7 Å². The van der Waals surface area contributed by atoms with Crippen LogP contribution in [0.1, 0.15) is 11.1 Å². The fraction of sp³-hybridized carbons (Fsp3) is 0.194. The maximum absolute atomic E-state index is 14.0. The highest BCUT2D eigenvalue weighted by molar-refractivity contribution is 7.99. The Labute approximate surface area is 250 Å². The first-order valence-electron chi connectivity index (χ1n) is 13.0. The number of aromatic nitrogens is 2. The fourth-order valence-corrected chi connectivity index (χ4v) is 7.06. The fourth-order valence-electron chi connectivity index (χ4n) is 5.03. The van der Waals surface area contributed by atoms with E-state index in [-0.39, 0.29) is 17.2 Å². The number of carbonyl (C=O) groups excluding carboxylic acids is 1. The lowest BCUT2D eigenvalue weighted by Gasteiger charge is -2.29. The van der Waals surface area contributed by atoms with Crippen LogP contribution in [-0.4, -0.2) is 46.9 Å². The van der Waals surface area contributed by atoms with Crippen LogP contribution in [0.2, 0.25) is 5.02 Å². The van der Waals surface area contributed by atoms with Gasteiger partial charge >= 0.3 is 0 Å². The predicted octanol–water partition coefficient (Wildman–Crippen LogP) is 6.46. The van der Waals surface area contributed by atoms with Gasteiger partial charge in [-0.1, -0.05) is 53.7 Å². The third-order valence-electron chi connectivity index (χ3n) is 7.14. The number of thioether (sulfide) groups is 1. The van der Waals surface area contributed by atoms with Crippen molar-refractivity contribution < 1.29 is 14.3 Å². The number of nitrogens with zero attached hydrogens (tertiary/aromatic N) is 3. The molecule has 10 heteroatoms. The summed E-state index contributed by atoms with van der Waals surface area (Å²) in [4.78, 5) is 34.8. The zero-order valence-electron chi connectivity index (χ0n) is 22.4. The summed E-state index contributed by atoms with van der Waals surface area (Å²) in [6, 6.07) is 20.8. The number of carbonyl (C=O) groups is 1. The normalized spacial score (nSPS) is 12.8. The summed E-state index contributed by atoms with van der Waals surface area (Å²) in [5.41, 5.74) is 4.43. The Morgan fingerprint density at radius 2 is 1.73 bits per heavy atom. The van der Waals surface area contributed by atoms with E-state index in [1.807, 2.05) is 77.0 Å². The van der Waals surface area contributed by atoms with Gasteiger partial charge in [-0.3, -0.25) is 14.2 Å². The number of amides is 1. The van der Waals surface area contributed by atoms with Crippen LogP contribution in [0.4, 0.5) is 0 Å². The molecule has 0 radical (unpaired) electrons. The van der Waals surface area contributed by atoms with Crippen molar-refractivity contribution in [3.05, 3.63) is 98.6 Å². The number of ether oxygens (including phenoxy) is 2. The summed E-state index contributed by atoms with van der Waals surface area (Å²) < 4.78 is 12.5. The van der Waals surface area contributed by atoms with E-state index in [1.165, 1.54) is 23.1 Å². The maximum atomic E-state index is 14.0. The van der Waals surface area contributed by atoms with Gasteiger partial charge in [-0.2, -0.15) is 0 Å². The van der Waals surface area contributed by atoms with Gasteiger partial charge in [-0.05, 0) is 59.5 Å². The Morgan fingerprint density at radius 1 is 1.02 bits per heavy atom. The minimum atomic E-state index is -0.171. The molecule has 0 aliphatic carbocycles. The van der Waals surface area contributed by atoms with Crippen LogP contribution in [0.15, 0.2) is 82.1 Å². The largest absolute Gasteiger partial charge is 0.493 e. The van der Waals surface area contributed by atoms with Gasteiger partial charge in [0, 0.05) is 29.1 Å². The average molecular weight is 604 g/mol. The van der Waals surface area contributed by atoms with Crippen molar-refractivity contribution >= 4 is 50.8 Å². The second kappa shape index (κ2) is 11.6. The Kier molecular flexibility index (Phi) is 7.75. The van der Waals surface area contributed by atoms with Crippen molar-refractivity contribution in [3.8, 4) is 28.3 Å². The van der Waals surface area contributed by atoms with Crippen molar-refractivity contribution in [2.75, 3.05) is 26.5 Å². The Hall–Kier alpha value is -3.79. The number of fused-ring (bicyclic) bond motifs is 2. The number of rotatable bonds is 7. The van der Waals surface area contributed by atoms with E-state index < -0.39 is 0 Å². The second-order valence-electron chi connectivity index (χ2n) is 9.54. The van der Waals surface area contributed by atoms with Gasteiger partial charge in [-0.25, -0.2) is 4.98 Å². The summed E-state index contributed by atoms with van der Waals surface area (Å²) in [6.45, 7) is 1.09. The summed E-state index contributed by atoms with van der Waals surface area (Å²) in [7, 11) is 3.23. The zero-order chi connectivity index (χ0) is 28.5. The molecule has 3 aromatic carbocycles. The molecule has 0 saturated heterocycles. The third kappa shape index (κ3) is 5.32.